The molecule has 340 valence electrons. The third-order valence-electron chi connectivity index (χ3n) is 12.8. The maximum atomic E-state index is 5.58. The van der Waals surface area contributed by atoms with Crippen molar-refractivity contribution in [2.45, 2.75) is 335 Å². The summed E-state index contributed by atoms with van der Waals surface area (Å²) >= 11 is 0. The molecule has 0 unspecified atom stereocenters. The van der Waals surface area contributed by atoms with Gasteiger partial charge >= 0.3 is 0 Å². The molecule has 0 atom stereocenters. The molecule has 0 aromatic heterocycles. The van der Waals surface area contributed by atoms with Gasteiger partial charge in [0.1, 0.15) is 0 Å². The van der Waals surface area contributed by atoms with Crippen molar-refractivity contribution in [2.24, 2.45) is 0 Å². The van der Waals surface area contributed by atoms with Crippen molar-refractivity contribution in [1.82, 2.24) is 0 Å². The van der Waals surface area contributed by atoms with Crippen molar-refractivity contribution < 1.29 is 4.74 Å². The Hall–Kier alpha value is -0.720. The number of hydrogen-bond acceptors (Lipinski definition) is 1. The molecule has 1 heteroatoms. The van der Waals surface area contributed by atoms with E-state index in [1.54, 1.807) is 0 Å². The van der Waals surface area contributed by atoms with Gasteiger partial charge in [0.25, 0.3) is 0 Å². The monoisotopic (exact) mass is 799 g/mol. The van der Waals surface area contributed by atoms with Crippen LogP contribution in [-0.2, 0) is 4.74 Å². The molecular weight excluding hydrogens is 689 g/mol. The van der Waals surface area contributed by atoms with E-state index in [9.17, 15) is 0 Å². The maximum Gasteiger partial charge on any atom is 0.0861 e. The van der Waals surface area contributed by atoms with Crippen LogP contribution in [0.5, 0.6) is 0 Å². The number of ether oxygens (including phenoxy) is 1. The second-order valence-electron chi connectivity index (χ2n) is 18.7. The van der Waals surface area contributed by atoms with Crippen LogP contribution in [0.3, 0.4) is 0 Å². The summed E-state index contributed by atoms with van der Waals surface area (Å²) < 4.78 is 5.58. The van der Waals surface area contributed by atoms with E-state index in [1.165, 1.54) is 308 Å². The third kappa shape index (κ3) is 55.3. The molecule has 0 radical (unpaired) electrons. The van der Waals surface area contributed by atoms with E-state index in [4.69, 9.17) is 4.74 Å². The van der Waals surface area contributed by atoms with Gasteiger partial charge in [-0.25, -0.2) is 0 Å². The Morgan fingerprint density at radius 2 is 0.333 bits per heavy atom. The molecule has 0 fully saturated rings. The Bertz CT molecular complexity index is 663. The lowest BCUT2D eigenvalue weighted by Gasteiger charge is -2.04. The van der Waals surface area contributed by atoms with E-state index in [1.807, 2.05) is 12.5 Å². The standard InChI is InChI=1S/C56H110O/c1-3-5-7-9-11-13-15-17-19-21-23-25-27-29-31-33-35-37-39-41-43-45-47-49-51-53-55-57-56-54-52-50-48-46-44-42-40-38-36-34-32-30-28-26-24-22-20-18-16-14-12-10-8-6-4-2/h53-56H,3-52H2,1-2H3. The van der Waals surface area contributed by atoms with Crippen LogP contribution in [-0.4, -0.2) is 0 Å². The summed E-state index contributed by atoms with van der Waals surface area (Å²) in [4.78, 5) is 0. The van der Waals surface area contributed by atoms with Crippen LogP contribution in [0.1, 0.15) is 335 Å². The van der Waals surface area contributed by atoms with Crippen molar-refractivity contribution in [3.05, 3.63) is 24.7 Å². The topological polar surface area (TPSA) is 9.23 Å². The quantitative estimate of drug-likeness (QED) is 0.0440. The van der Waals surface area contributed by atoms with E-state index in [-0.39, 0.29) is 0 Å². The molecule has 0 N–H and O–H groups in total. The Kier molecular flexibility index (Phi) is 54.6. The fraction of sp³-hybridized carbons (Fsp3) is 0.929. The second kappa shape index (κ2) is 55.3. The van der Waals surface area contributed by atoms with Crippen molar-refractivity contribution in [2.75, 3.05) is 0 Å². The van der Waals surface area contributed by atoms with Crippen molar-refractivity contribution in [3.63, 3.8) is 0 Å². The first-order chi connectivity index (χ1) is 28.4. The van der Waals surface area contributed by atoms with Gasteiger partial charge in [-0.05, 0) is 37.8 Å². The molecule has 0 aliphatic carbocycles. The first-order valence-corrected chi connectivity index (χ1v) is 27.4. The Labute approximate surface area is 363 Å². The number of rotatable bonds is 52. The lowest BCUT2D eigenvalue weighted by molar-refractivity contribution is 0.397. The van der Waals surface area contributed by atoms with Crippen molar-refractivity contribution >= 4 is 0 Å². The molecule has 0 aliphatic heterocycles. The molecule has 0 spiro atoms. The van der Waals surface area contributed by atoms with Crippen LogP contribution in [0.2, 0.25) is 0 Å². The second-order valence-corrected chi connectivity index (χ2v) is 18.7. The van der Waals surface area contributed by atoms with Crippen LogP contribution in [0.25, 0.3) is 0 Å². The lowest BCUT2D eigenvalue weighted by atomic mass is 10.0. The molecule has 57 heavy (non-hydrogen) atoms. The van der Waals surface area contributed by atoms with Gasteiger partial charge in [0.15, 0.2) is 0 Å². The van der Waals surface area contributed by atoms with Gasteiger partial charge in [0, 0.05) is 0 Å². The zero-order valence-corrected chi connectivity index (χ0v) is 40.1. The van der Waals surface area contributed by atoms with Crippen LogP contribution in [0.15, 0.2) is 24.7 Å². The van der Waals surface area contributed by atoms with Crippen molar-refractivity contribution in [3.8, 4) is 0 Å². The van der Waals surface area contributed by atoms with Crippen LogP contribution in [0, 0.1) is 0 Å². The largest absolute Gasteiger partial charge is 0.473 e. The Morgan fingerprint density at radius 3 is 0.491 bits per heavy atom. The van der Waals surface area contributed by atoms with Gasteiger partial charge in [-0.2, -0.15) is 0 Å². The van der Waals surface area contributed by atoms with E-state index >= 15 is 0 Å². The third-order valence-corrected chi connectivity index (χ3v) is 12.8. The number of allylic oxidation sites excluding steroid dienone is 2. The van der Waals surface area contributed by atoms with Crippen LogP contribution in [0.4, 0.5) is 0 Å². The van der Waals surface area contributed by atoms with Gasteiger partial charge in [-0.15, -0.1) is 0 Å². The zero-order valence-electron chi connectivity index (χ0n) is 40.1. The van der Waals surface area contributed by atoms with E-state index < -0.39 is 0 Å². The summed E-state index contributed by atoms with van der Waals surface area (Å²) in [6.45, 7) is 4.62. The van der Waals surface area contributed by atoms with Gasteiger partial charge in [-0.1, -0.05) is 309 Å². The van der Waals surface area contributed by atoms with Gasteiger partial charge < -0.3 is 4.74 Å². The SMILES string of the molecule is CCCCCCCCCCCCCCCCCCCCCCCCCCC=COC=CCCCCCCCCCCCCCCCCCCCCCCCCCC. The normalized spacial score (nSPS) is 11.9. The number of hydrogen-bond donors (Lipinski definition) is 0. The highest BCUT2D eigenvalue weighted by Gasteiger charge is 1.98. The van der Waals surface area contributed by atoms with E-state index in [0.29, 0.717) is 0 Å². The van der Waals surface area contributed by atoms with E-state index in [0.717, 1.165) is 12.8 Å². The fourth-order valence-electron chi connectivity index (χ4n) is 8.74. The molecular formula is C56H110O. The van der Waals surface area contributed by atoms with Gasteiger partial charge in [0.2, 0.25) is 0 Å². The molecule has 0 rings (SSSR count). The summed E-state index contributed by atoms with van der Waals surface area (Å²) in [5.74, 6) is 0. The molecule has 1 nitrogen and oxygen atoms in total. The highest BCUT2D eigenvalue weighted by Crippen LogP contribution is 2.18. The molecule has 0 amide bonds. The summed E-state index contributed by atoms with van der Waals surface area (Å²) in [5.41, 5.74) is 0. The maximum absolute atomic E-state index is 5.58. The first-order valence-electron chi connectivity index (χ1n) is 27.4. The van der Waals surface area contributed by atoms with Gasteiger partial charge in [0.05, 0.1) is 12.5 Å². The summed E-state index contributed by atoms with van der Waals surface area (Å²) in [6.07, 6.45) is 80.3. The molecule has 0 aromatic carbocycles. The molecule has 0 heterocycles. The van der Waals surface area contributed by atoms with Crippen molar-refractivity contribution in [1.29, 1.82) is 0 Å². The predicted molar refractivity (Wildman–Crippen MR) is 262 cm³/mol. The summed E-state index contributed by atoms with van der Waals surface area (Å²) in [6, 6.07) is 0. The molecule has 0 aromatic rings. The van der Waals surface area contributed by atoms with Crippen LogP contribution >= 0.6 is 0 Å². The minimum Gasteiger partial charge on any atom is -0.473 e. The van der Waals surface area contributed by atoms with Crippen LogP contribution < -0.4 is 0 Å². The lowest BCUT2D eigenvalue weighted by Crippen LogP contribution is -1.84. The minimum absolute atomic E-state index is 1.16. The minimum atomic E-state index is 1.16. The molecule has 0 aliphatic rings. The highest BCUT2D eigenvalue weighted by atomic mass is 16.5. The predicted octanol–water partition coefficient (Wildman–Crippen LogP) is 21.6. The Morgan fingerprint density at radius 1 is 0.193 bits per heavy atom. The molecule has 0 saturated heterocycles. The Balaban J connectivity index is 3.14. The highest BCUT2D eigenvalue weighted by molar-refractivity contribution is 4.80. The van der Waals surface area contributed by atoms with E-state index in [2.05, 4.69) is 26.0 Å². The first kappa shape index (κ1) is 56.3. The average Bonchev–Trinajstić information content (AvgIpc) is 3.22. The average molecular weight is 799 g/mol. The smallest absolute Gasteiger partial charge is 0.0861 e. The zero-order chi connectivity index (χ0) is 40.9. The molecule has 0 saturated carbocycles. The molecule has 0 bridgehead atoms. The number of unbranched alkanes of at least 4 members (excludes halogenated alkanes) is 48. The van der Waals surface area contributed by atoms with Gasteiger partial charge in [-0.3, -0.25) is 0 Å². The summed E-state index contributed by atoms with van der Waals surface area (Å²) in [5, 5.41) is 0. The summed E-state index contributed by atoms with van der Waals surface area (Å²) in [7, 11) is 0. The fourth-order valence-corrected chi connectivity index (χ4v) is 8.74.